The lowest BCUT2D eigenvalue weighted by molar-refractivity contribution is 0.145. The van der Waals surface area contributed by atoms with E-state index in [1.807, 2.05) is 7.05 Å². The van der Waals surface area contributed by atoms with Crippen LogP contribution in [0.1, 0.15) is 47.5 Å². The summed E-state index contributed by atoms with van der Waals surface area (Å²) in [6.07, 6.45) is 2.38. The highest BCUT2D eigenvalue weighted by Crippen LogP contribution is 2.40. The van der Waals surface area contributed by atoms with Crippen LogP contribution in [0.2, 0.25) is 0 Å². The molecule has 0 fully saturated rings. The summed E-state index contributed by atoms with van der Waals surface area (Å²) in [6, 6.07) is 0.536. The first kappa shape index (κ1) is 13.7. The Kier molecular flexibility index (Phi) is 5.43. The summed E-state index contributed by atoms with van der Waals surface area (Å²) in [5.74, 6) is 0.620. The molecule has 0 amide bonds. The summed E-state index contributed by atoms with van der Waals surface area (Å²) >= 11 is 0. The zero-order valence-electron chi connectivity index (χ0n) is 10.8. The summed E-state index contributed by atoms with van der Waals surface area (Å²) in [4.78, 5) is 0. The van der Waals surface area contributed by atoms with Gasteiger partial charge in [0.15, 0.2) is 0 Å². The molecule has 0 rings (SSSR count). The molecule has 0 spiro atoms. The van der Waals surface area contributed by atoms with Crippen molar-refractivity contribution in [1.29, 1.82) is 0 Å². The standard InChI is InChI=1S/C13H27N/c1-8-12(10(3)4)13(6,9-2)11(5)14-7/h11-12,14H,3,8-9H2,1-2,4-7H3. The second-order valence-electron chi connectivity index (χ2n) is 4.68. The maximum Gasteiger partial charge on any atom is 0.00951 e. The minimum atomic E-state index is 0.329. The molecule has 0 aromatic carbocycles. The molecular weight excluding hydrogens is 170 g/mol. The van der Waals surface area contributed by atoms with Crippen molar-refractivity contribution in [1.82, 2.24) is 5.32 Å². The summed E-state index contributed by atoms with van der Waals surface area (Å²) in [5, 5.41) is 3.38. The Hall–Kier alpha value is -0.300. The van der Waals surface area contributed by atoms with Crippen molar-refractivity contribution < 1.29 is 0 Å². The van der Waals surface area contributed by atoms with Crippen LogP contribution >= 0.6 is 0 Å². The molecule has 0 saturated heterocycles. The van der Waals surface area contributed by atoms with Gasteiger partial charge in [-0.15, -0.1) is 0 Å². The fourth-order valence-electron chi connectivity index (χ4n) is 2.56. The van der Waals surface area contributed by atoms with E-state index in [0.717, 1.165) is 0 Å². The van der Waals surface area contributed by atoms with E-state index >= 15 is 0 Å². The van der Waals surface area contributed by atoms with Gasteiger partial charge in [0.1, 0.15) is 0 Å². The first-order chi connectivity index (χ1) is 6.43. The van der Waals surface area contributed by atoms with Gasteiger partial charge in [0.2, 0.25) is 0 Å². The second kappa shape index (κ2) is 5.55. The van der Waals surface area contributed by atoms with Gasteiger partial charge < -0.3 is 5.32 Å². The van der Waals surface area contributed by atoms with E-state index in [4.69, 9.17) is 0 Å². The van der Waals surface area contributed by atoms with Crippen LogP contribution in [0.4, 0.5) is 0 Å². The zero-order chi connectivity index (χ0) is 11.4. The number of nitrogens with one attached hydrogen (secondary N) is 1. The molecule has 0 bridgehead atoms. The third-order valence-corrected chi connectivity index (χ3v) is 3.98. The van der Waals surface area contributed by atoms with E-state index in [2.05, 4.69) is 46.5 Å². The average molecular weight is 197 g/mol. The summed E-state index contributed by atoms with van der Waals surface area (Å²) in [6.45, 7) is 15.5. The van der Waals surface area contributed by atoms with Crippen LogP contribution in [0, 0.1) is 11.3 Å². The molecule has 3 unspecified atom stereocenters. The van der Waals surface area contributed by atoms with Crippen LogP contribution in [0.25, 0.3) is 0 Å². The smallest absolute Gasteiger partial charge is 0.00951 e. The summed E-state index contributed by atoms with van der Waals surface area (Å²) < 4.78 is 0. The van der Waals surface area contributed by atoms with E-state index in [9.17, 15) is 0 Å². The molecule has 14 heavy (non-hydrogen) atoms. The van der Waals surface area contributed by atoms with Gasteiger partial charge in [0.25, 0.3) is 0 Å². The largest absolute Gasteiger partial charge is 0.317 e. The monoisotopic (exact) mass is 197 g/mol. The second-order valence-corrected chi connectivity index (χ2v) is 4.68. The molecule has 1 N–H and O–H groups in total. The molecule has 0 aromatic heterocycles. The first-order valence-electron chi connectivity index (χ1n) is 5.76. The van der Waals surface area contributed by atoms with Gasteiger partial charge in [-0.3, -0.25) is 0 Å². The van der Waals surface area contributed by atoms with Crippen molar-refractivity contribution in [3.8, 4) is 0 Å². The topological polar surface area (TPSA) is 12.0 Å². The summed E-state index contributed by atoms with van der Waals surface area (Å²) in [5.41, 5.74) is 1.65. The fourth-order valence-corrected chi connectivity index (χ4v) is 2.56. The Morgan fingerprint density at radius 3 is 2.14 bits per heavy atom. The molecule has 0 radical (unpaired) electrons. The maximum absolute atomic E-state index is 4.13. The SMILES string of the molecule is C=C(C)C(CC)C(C)(CC)C(C)NC. The zero-order valence-corrected chi connectivity index (χ0v) is 10.8. The van der Waals surface area contributed by atoms with E-state index in [0.29, 0.717) is 17.4 Å². The lowest BCUT2D eigenvalue weighted by Gasteiger charge is -2.42. The molecule has 0 aliphatic carbocycles. The predicted molar refractivity (Wildman–Crippen MR) is 65.5 cm³/mol. The fraction of sp³-hybridized carbons (Fsp3) is 0.846. The third kappa shape index (κ3) is 2.60. The highest BCUT2D eigenvalue weighted by Gasteiger charge is 2.36. The number of hydrogen-bond donors (Lipinski definition) is 1. The Morgan fingerprint density at radius 2 is 1.93 bits per heavy atom. The Labute approximate surface area is 90.0 Å². The number of hydrogen-bond acceptors (Lipinski definition) is 1. The number of allylic oxidation sites excluding steroid dienone is 1. The van der Waals surface area contributed by atoms with Gasteiger partial charge in [0.05, 0.1) is 0 Å². The third-order valence-electron chi connectivity index (χ3n) is 3.98. The van der Waals surface area contributed by atoms with Crippen molar-refractivity contribution >= 4 is 0 Å². The van der Waals surface area contributed by atoms with Gasteiger partial charge in [-0.2, -0.15) is 0 Å². The van der Waals surface area contributed by atoms with Crippen molar-refractivity contribution in [2.75, 3.05) is 7.05 Å². The Balaban J connectivity index is 4.88. The Bertz CT molecular complexity index is 186. The average Bonchev–Trinajstić information content (AvgIpc) is 2.16. The van der Waals surface area contributed by atoms with Gasteiger partial charge >= 0.3 is 0 Å². The quantitative estimate of drug-likeness (QED) is 0.641. The molecule has 0 saturated carbocycles. The number of rotatable bonds is 6. The molecule has 1 nitrogen and oxygen atoms in total. The van der Waals surface area contributed by atoms with Crippen LogP contribution < -0.4 is 5.32 Å². The van der Waals surface area contributed by atoms with Crippen molar-refractivity contribution in [3.63, 3.8) is 0 Å². The molecule has 3 atom stereocenters. The van der Waals surface area contributed by atoms with E-state index in [-0.39, 0.29) is 0 Å². The van der Waals surface area contributed by atoms with Crippen molar-refractivity contribution in [3.05, 3.63) is 12.2 Å². The van der Waals surface area contributed by atoms with Crippen LogP contribution in [0.3, 0.4) is 0 Å². The molecular formula is C13H27N. The van der Waals surface area contributed by atoms with Crippen LogP contribution in [0.5, 0.6) is 0 Å². The van der Waals surface area contributed by atoms with E-state index in [1.165, 1.54) is 18.4 Å². The lowest BCUT2D eigenvalue weighted by atomic mass is 9.66. The van der Waals surface area contributed by atoms with E-state index < -0.39 is 0 Å². The highest BCUT2D eigenvalue weighted by molar-refractivity contribution is 5.05. The molecule has 84 valence electrons. The molecule has 0 aromatic rings. The highest BCUT2D eigenvalue weighted by atomic mass is 14.9. The van der Waals surface area contributed by atoms with Gasteiger partial charge in [-0.1, -0.05) is 32.9 Å². The van der Waals surface area contributed by atoms with Crippen LogP contribution in [-0.2, 0) is 0 Å². The van der Waals surface area contributed by atoms with E-state index in [1.54, 1.807) is 0 Å². The van der Waals surface area contributed by atoms with Gasteiger partial charge in [0, 0.05) is 6.04 Å². The Morgan fingerprint density at radius 1 is 1.43 bits per heavy atom. The van der Waals surface area contributed by atoms with Gasteiger partial charge in [-0.05, 0) is 45.1 Å². The molecule has 1 heteroatoms. The van der Waals surface area contributed by atoms with Crippen LogP contribution in [-0.4, -0.2) is 13.1 Å². The summed E-state index contributed by atoms with van der Waals surface area (Å²) in [7, 11) is 2.05. The van der Waals surface area contributed by atoms with Crippen molar-refractivity contribution in [2.45, 2.75) is 53.5 Å². The molecule has 0 aliphatic heterocycles. The minimum Gasteiger partial charge on any atom is -0.317 e. The first-order valence-corrected chi connectivity index (χ1v) is 5.76. The predicted octanol–water partition coefficient (Wildman–Crippen LogP) is 3.61. The van der Waals surface area contributed by atoms with Gasteiger partial charge in [-0.25, -0.2) is 0 Å². The molecule has 0 heterocycles. The van der Waals surface area contributed by atoms with Crippen molar-refractivity contribution in [2.24, 2.45) is 11.3 Å². The normalized spacial score (nSPS) is 19.9. The molecule has 0 aliphatic rings. The maximum atomic E-state index is 4.13. The lowest BCUT2D eigenvalue weighted by Crippen LogP contribution is -2.44. The van der Waals surface area contributed by atoms with Crippen LogP contribution in [0.15, 0.2) is 12.2 Å². The minimum absolute atomic E-state index is 0.329.